The van der Waals surface area contributed by atoms with Gasteiger partial charge in [0.25, 0.3) is 5.91 Å². The van der Waals surface area contributed by atoms with Crippen LogP contribution < -0.4 is 4.90 Å². The van der Waals surface area contributed by atoms with Gasteiger partial charge in [-0.2, -0.15) is 0 Å². The van der Waals surface area contributed by atoms with Crippen LogP contribution in [0.2, 0.25) is 5.02 Å². The van der Waals surface area contributed by atoms with Crippen LogP contribution >= 0.6 is 11.6 Å². The summed E-state index contributed by atoms with van der Waals surface area (Å²) in [4.78, 5) is 31.1. The zero-order chi connectivity index (χ0) is 20.6. The van der Waals surface area contributed by atoms with Crippen LogP contribution in [-0.2, 0) is 16.9 Å². The molecule has 0 fully saturated rings. The van der Waals surface area contributed by atoms with Crippen LogP contribution in [0.15, 0.2) is 66.9 Å². The van der Waals surface area contributed by atoms with Crippen molar-refractivity contribution in [2.24, 2.45) is 0 Å². The highest BCUT2D eigenvalue weighted by Crippen LogP contribution is 2.44. The molecule has 0 radical (unpaired) electrons. The highest BCUT2D eigenvalue weighted by Gasteiger charge is 2.51. The standard InChI is InChI=1S/C22H16ClFN2O3/c23-16-7-5-8-17(24)14(16)13-26-19-10-2-1-6-15(19)22(29,21(26)28)12-20(27)18-9-3-4-11-25-18/h1-11,29H,12-13H2/t22-/m1/s1. The SMILES string of the molecule is O=C(C[C@]1(O)C(=O)N(Cc2c(F)cccc2Cl)c2ccccc21)c1ccccn1. The largest absolute Gasteiger partial charge is 0.375 e. The van der Waals surface area contributed by atoms with E-state index in [1.807, 2.05) is 0 Å². The van der Waals surface area contributed by atoms with Crippen molar-refractivity contribution in [3.63, 3.8) is 0 Å². The van der Waals surface area contributed by atoms with E-state index in [0.29, 0.717) is 11.3 Å². The Labute approximate surface area is 171 Å². The maximum Gasteiger partial charge on any atom is 0.264 e. The van der Waals surface area contributed by atoms with Gasteiger partial charge in [-0.3, -0.25) is 14.6 Å². The third-order valence-corrected chi connectivity index (χ3v) is 5.34. The van der Waals surface area contributed by atoms with Crippen molar-refractivity contribution >= 4 is 29.0 Å². The van der Waals surface area contributed by atoms with E-state index in [1.165, 1.54) is 35.4 Å². The summed E-state index contributed by atoms with van der Waals surface area (Å²) in [6.07, 6.45) is 0.996. The van der Waals surface area contributed by atoms with Crippen molar-refractivity contribution in [3.05, 3.63) is 94.5 Å². The fraction of sp³-hybridized carbons (Fsp3) is 0.136. The van der Waals surface area contributed by atoms with Crippen molar-refractivity contribution in [3.8, 4) is 0 Å². The monoisotopic (exact) mass is 410 g/mol. The number of carbonyl (C=O) groups is 2. The predicted molar refractivity (Wildman–Crippen MR) is 106 cm³/mol. The van der Waals surface area contributed by atoms with Crippen LogP contribution in [-0.4, -0.2) is 21.8 Å². The minimum absolute atomic E-state index is 0.137. The van der Waals surface area contributed by atoms with Crippen LogP contribution in [0.25, 0.3) is 0 Å². The highest BCUT2D eigenvalue weighted by molar-refractivity contribution is 6.31. The number of aromatic nitrogens is 1. The van der Waals surface area contributed by atoms with Gasteiger partial charge in [-0.05, 0) is 30.3 Å². The van der Waals surface area contributed by atoms with E-state index in [-0.39, 0.29) is 22.8 Å². The van der Waals surface area contributed by atoms with Crippen LogP contribution in [0.4, 0.5) is 10.1 Å². The van der Waals surface area contributed by atoms with E-state index in [1.54, 1.807) is 36.4 Å². The maximum atomic E-state index is 14.3. The molecule has 1 aromatic heterocycles. The summed E-state index contributed by atoms with van der Waals surface area (Å²) in [7, 11) is 0. The Morgan fingerprint density at radius 3 is 2.59 bits per heavy atom. The number of aliphatic hydroxyl groups is 1. The summed E-state index contributed by atoms with van der Waals surface area (Å²) in [6, 6.07) is 15.7. The fourth-order valence-electron chi connectivity index (χ4n) is 3.53. The van der Waals surface area contributed by atoms with Crippen LogP contribution in [0.3, 0.4) is 0 Å². The number of carbonyl (C=O) groups excluding carboxylic acids is 2. The fourth-order valence-corrected chi connectivity index (χ4v) is 3.75. The summed E-state index contributed by atoms with van der Waals surface area (Å²) in [5, 5.41) is 11.4. The van der Waals surface area contributed by atoms with Gasteiger partial charge in [-0.1, -0.05) is 41.9 Å². The Morgan fingerprint density at radius 1 is 1.10 bits per heavy atom. The normalized spacial score (nSPS) is 18.0. The molecule has 0 aliphatic carbocycles. The molecule has 3 aromatic rings. The molecule has 0 spiro atoms. The average Bonchev–Trinajstić information content (AvgIpc) is 2.93. The third-order valence-electron chi connectivity index (χ3n) is 4.98. The molecule has 2 aromatic carbocycles. The first kappa shape index (κ1) is 19.2. The van der Waals surface area contributed by atoms with Gasteiger partial charge in [0.05, 0.1) is 18.7 Å². The molecule has 5 nitrogen and oxygen atoms in total. The lowest BCUT2D eigenvalue weighted by atomic mass is 9.89. The molecule has 1 aliphatic rings. The van der Waals surface area contributed by atoms with Crippen LogP contribution in [0, 0.1) is 5.82 Å². The maximum absolute atomic E-state index is 14.3. The molecular weight excluding hydrogens is 395 g/mol. The number of Topliss-reactive ketones (excluding diaryl/α,β-unsaturated/α-hetero) is 1. The summed E-state index contributed by atoms with van der Waals surface area (Å²) < 4.78 is 14.3. The Morgan fingerprint density at radius 2 is 1.86 bits per heavy atom. The lowest BCUT2D eigenvalue weighted by Gasteiger charge is -2.23. The van der Waals surface area contributed by atoms with Crippen molar-refractivity contribution < 1.29 is 19.1 Å². The molecule has 7 heteroatoms. The number of hydrogen-bond acceptors (Lipinski definition) is 4. The summed E-state index contributed by atoms with van der Waals surface area (Å²) in [5.41, 5.74) is -1.07. The van der Waals surface area contributed by atoms with Crippen molar-refractivity contribution in [2.75, 3.05) is 4.90 Å². The van der Waals surface area contributed by atoms with E-state index in [4.69, 9.17) is 11.6 Å². The first-order chi connectivity index (χ1) is 13.9. The number of benzene rings is 2. The number of halogens is 2. The minimum Gasteiger partial charge on any atom is -0.375 e. The molecule has 0 saturated heterocycles. The molecule has 1 atom stereocenters. The Hall–Kier alpha value is -3.09. The molecule has 0 saturated carbocycles. The van der Waals surface area contributed by atoms with Crippen molar-refractivity contribution in [1.29, 1.82) is 0 Å². The Balaban J connectivity index is 1.72. The second kappa shape index (κ2) is 7.39. The van der Waals surface area contributed by atoms with Gasteiger partial charge in [0.2, 0.25) is 0 Å². The molecule has 0 bridgehead atoms. The molecule has 4 rings (SSSR count). The number of pyridine rings is 1. The first-order valence-electron chi connectivity index (χ1n) is 8.93. The predicted octanol–water partition coefficient (Wildman–Crippen LogP) is 3.88. The van der Waals surface area contributed by atoms with Gasteiger partial charge in [0.1, 0.15) is 11.5 Å². The third kappa shape index (κ3) is 3.30. The number of rotatable bonds is 5. The van der Waals surface area contributed by atoms with E-state index in [2.05, 4.69) is 4.98 Å². The Kier molecular flexibility index (Phi) is 4.90. The van der Waals surface area contributed by atoms with Gasteiger partial charge in [0, 0.05) is 22.3 Å². The molecule has 2 heterocycles. The van der Waals surface area contributed by atoms with Crippen molar-refractivity contribution in [1.82, 2.24) is 4.98 Å². The zero-order valence-corrected chi connectivity index (χ0v) is 15.9. The van der Waals surface area contributed by atoms with E-state index in [9.17, 15) is 19.1 Å². The molecule has 29 heavy (non-hydrogen) atoms. The topological polar surface area (TPSA) is 70.5 Å². The van der Waals surface area contributed by atoms with E-state index in [0.717, 1.165) is 0 Å². The summed E-state index contributed by atoms with van der Waals surface area (Å²) in [5.74, 6) is -1.73. The average molecular weight is 411 g/mol. The molecule has 146 valence electrons. The van der Waals surface area contributed by atoms with Crippen LogP contribution in [0.5, 0.6) is 0 Å². The van der Waals surface area contributed by atoms with Crippen molar-refractivity contribution in [2.45, 2.75) is 18.6 Å². The molecule has 1 aliphatic heterocycles. The number of nitrogens with zero attached hydrogens (tertiary/aromatic N) is 2. The second-order valence-corrected chi connectivity index (χ2v) is 7.19. The molecule has 1 N–H and O–H groups in total. The van der Waals surface area contributed by atoms with Gasteiger partial charge in [0.15, 0.2) is 11.4 Å². The Bertz CT molecular complexity index is 1090. The quantitative estimate of drug-likeness (QED) is 0.648. The summed E-state index contributed by atoms with van der Waals surface area (Å²) in [6.45, 7) is -0.165. The lowest BCUT2D eigenvalue weighted by molar-refractivity contribution is -0.136. The highest BCUT2D eigenvalue weighted by atomic mass is 35.5. The first-order valence-corrected chi connectivity index (χ1v) is 9.30. The number of ketones is 1. The van der Waals surface area contributed by atoms with Gasteiger partial charge in [-0.15, -0.1) is 0 Å². The van der Waals surface area contributed by atoms with Gasteiger partial charge < -0.3 is 10.0 Å². The molecule has 1 amide bonds. The van der Waals surface area contributed by atoms with Gasteiger partial charge in [-0.25, -0.2) is 4.39 Å². The summed E-state index contributed by atoms with van der Waals surface area (Å²) >= 11 is 6.12. The lowest BCUT2D eigenvalue weighted by Crippen LogP contribution is -2.41. The number of hydrogen-bond donors (Lipinski definition) is 1. The second-order valence-electron chi connectivity index (χ2n) is 6.78. The number of fused-ring (bicyclic) bond motifs is 1. The van der Waals surface area contributed by atoms with E-state index >= 15 is 0 Å². The number of para-hydroxylation sites is 1. The van der Waals surface area contributed by atoms with E-state index < -0.39 is 29.5 Å². The van der Waals surface area contributed by atoms with Crippen LogP contribution in [0.1, 0.15) is 28.0 Å². The minimum atomic E-state index is -2.07. The zero-order valence-electron chi connectivity index (χ0n) is 15.2. The number of amides is 1. The molecular formula is C22H16ClFN2O3. The molecule has 0 unspecified atom stereocenters. The smallest absolute Gasteiger partial charge is 0.264 e. The van der Waals surface area contributed by atoms with Gasteiger partial charge >= 0.3 is 0 Å². The number of anilines is 1.